The zero-order valence-electron chi connectivity index (χ0n) is 24.9. The molecular weight excluding hydrogens is 534 g/mol. The third-order valence-corrected chi connectivity index (χ3v) is 6.64. The van der Waals surface area contributed by atoms with E-state index in [1.807, 2.05) is 18.2 Å². The second kappa shape index (κ2) is 16.5. The van der Waals surface area contributed by atoms with E-state index in [4.69, 9.17) is 9.15 Å². The molecule has 2 amide bonds. The molecule has 1 atom stereocenters. The van der Waals surface area contributed by atoms with Gasteiger partial charge >= 0.3 is 6.09 Å². The van der Waals surface area contributed by atoms with Crippen LogP contribution >= 0.6 is 0 Å². The molecule has 1 aromatic heterocycles. The second-order valence-corrected chi connectivity index (χ2v) is 11.4. The van der Waals surface area contributed by atoms with Crippen LogP contribution in [0.5, 0.6) is 0 Å². The zero-order valence-corrected chi connectivity index (χ0v) is 24.9. The molecule has 1 unspecified atom stereocenters. The Hall–Kier alpha value is -3.98. The third kappa shape index (κ3) is 11.5. The average molecular weight is 578 g/mol. The van der Waals surface area contributed by atoms with Crippen molar-refractivity contribution in [3.05, 3.63) is 83.6 Å². The first kappa shape index (κ1) is 32.5. The number of nitrogens with one attached hydrogen (secondary N) is 1. The van der Waals surface area contributed by atoms with Crippen LogP contribution in [-0.2, 0) is 16.0 Å². The molecule has 1 aliphatic carbocycles. The molecule has 0 radical (unpaired) electrons. The SMILES string of the molecule is C1CCCCC1.CC(C)(C)OC(=O)N(CCC(=O)Nc1ccc(C=O)cc1)CCc1cnc(C(O)c2ccccc2)o1. The van der Waals surface area contributed by atoms with E-state index >= 15 is 0 Å². The number of benzene rings is 2. The van der Waals surface area contributed by atoms with Crippen molar-refractivity contribution in [2.45, 2.75) is 83.8 Å². The normalized spacial score (nSPS) is 13.7. The minimum absolute atomic E-state index is 0.0447. The number of aromatic nitrogens is 1. The molecule has 9 heteroatoms. The van der Waals surface area contributed by atoms with E-state index in [1.165, 1.54) is 49.6 Å². The Morgan fingerprint density at radius 3 is 2.19 bits per heavy atom. The molecule has 3 aromatic rings. The van der Waals surface area contributed by atoms with Crippen molar-refractivity contribution in [3.63, 3.8) is 0 Å². The van der Waals surface area contributed by atoms with Crippen LogP contribution in [0.3, 0.4) is 0 Å². The highest BCUT2D eigenvalue weighted by Gasteiger charge is 2.24. The van der Waals surface area contributed by atoms with E-state index in [-0.39, 0.29) is 31.3 Å². The predicted octanol–water partition coefficient (Wildman–Crippen LogP) is 6.72. The van der Waals surface area contributed by atoms with Crippen molar-refractivity contribution in [1.29, 1.82) is 0 Å². The van der Waals surface area contributed by atoms with E-state index in [2.05, 4.69) is 10.3 Å². The fourth-order valence-electron chi connectivity index (χ4n) is 4.37. The monoisotopic (exact) mass is 577 g/mol. The second-order valence-electron chi connectivity index (χ2n) is 11.4. The number of carbonyl (C=O) groups is 3. The number of nitrogens with zero attached hydrogens (tertiary/aromatic N) is 2. The van der Waals surface area contributed by atoms with Crippen LogP contribution in [0.15, 0.2) is 65.2 Å². The van der Waals surface area contributed by atoms with E-state index in [9.17, 15) is 19.5 Å². The summed E-state index contributed by atoms with van der Waals surface area (Å²) in [6.07, 6.45) is 10.1. The Morgan fingerprint density at radius 1 is 1.00 bits per heavy atom. The fourth-order valence-corrected chi connectivity index (χ4v) is 4.37. The van der Waals surface area contributed by atoms with Gasteiger partial charge in [-0.1, -0.05) is 68.9 Å². The van der Waals surface area contributed by atoms with Gasteiger partial charge in [0.2, 0.25) is 11.8 Å². The van der Waals surface area contributed by atoms with Crippen LogP contribution in [0.1, 0.15) is 99.4 Å². The molecule has 9 nitrogen and oxygen atoms in total. The standard InChI is InChI=1S/C27H31N3O6.C6H12/c1-27(2,3)36-26(34)30(16-14-23(32)29-21-11-9-19(18-31)10-12-21)15-13-22-17-28-25(35-22)24(33)20-7-5-4-6-8-20;1-2-4-6-5-3-1/h4-12,17-18,24,33H,13-16H2,1-3H3,(H,29,32);1-6H2. The lowest BCUT2D eigenvalue weighted by atomic mass is 10.0. The smallest absolute Gasteiger partial charge is 0.410 e. The number of rotatable bonds is 10. The Kier molecular flexibility index (Phi) is 12.7. The minimum atomic E-state index is -0.994. The predicted molar refractivity (Wildman–Crippen MR) is 161 cm³/mol. The van der Waals surface area contributed by atoms with Gasteiger partial charge in [-0.15, -0.1) is 0 Å². The summed E-state index contributed by atoms with van der Waals surface area (Å²) in [5.74, 6) is 0.378. The molecule has 1 saturated carbocycles. The Labute approximate surface area is 248 Å². The number of hydrogen-bond donors (Lipinski definition) is 2. The summed E-state index contributed by atoms with van der Waals surface area (Å²) in [7, 11) is 0. The van der Waals surface area contributed by atoms with Gasteiger partial charge in [-0.05, 0) is 50.6 Å². The highest BCUT2D eigenvalue weighted by atomic mass is 16.6. The Morgan fingerprint density at radius 2 is 1.62 bits per heavy atom. The number of aliphatic hydroxyl groups excluding tert-OH is 1. The van der Waals surface area contributed by atoms with Gasteiger partial charge in [-0.3, -0.25) is 9.59 Å². The lowest BCUT2D eigenvalue weighted by Gasteiger charge is -2.27. The number of oxazole rings is 1. The van der Waals surface area contributed by atoms with Crippen LogP contribution in [0.25, 0.3) is 0 Å². The zero-order chi connectivity index (χ0) is 30.4. The highest BCUT2D eigenvalue weighted by molar-refractivity contribution is 5.91. The molecule has 2 aromatic carbocycles. The first-order valence-corrected chi connectivity index (χ1v) is 14.7. The van der Waals surface area contributed by atoms with Gasteiger partial charge in [-0.25, -0.2) is 9.78 Å². The van der Waals surface area contributed by atoms with Crippen molar-refractivity contribution in [1.82, 2.24) is 9.88 Å². The molecule has 0 saturated heterocycles. The first-order valence-electron chi connectivity index (χ1n) is 14.7. The third-order valence-electron chi connectivity index (χ3n) is 6.64. The van der Waals surface area contributed by atoms with Crippen LogP contribution in [0.4, 0.5) is 10.5 Å². The average Bonchev–Trinajstić information content (AvgIpc) is 3.47. The fraction of sp³-hybridized carbons (Fsp3) is 0.455. The van der Waals surface area contributed by atoms with Crippen LogP contribution in [0, 0.1) is 0 Å². The first-order chi connectivity index (χ1) is 20.1. The lowest BCUT2D eigenvalue weighted by molar-refractivity contribution is -0.116. The molecule has 1 aliphatic rings. The van der Waals surface area contributed by atoms with Gasteiger partial charge in [-0.2, -0.15) is 0 Å². The molecule has 226 valence electrons. The van der Waals surface area contributed by atoms with Gasteiger partial charge in [0, 0.05) is 37.2 Å². The van der Waals surface area contributed by atoms with Gasteiger partial charge in [0.15, 0.2) is 6.10 Å². The summed E-state index contributed by atoms with van der Waals surface area (Å²) >= 11 is 0. The number of hydrogen-bond acceptors (Lipinski definition) is 7. The van der Waals surface area contributed by atoms with Crippen molar-refractivity contribution >= 4 is 24.0 Å². The summed E-state index contributed by atoms with van der Waals surface area (Å²) in [4.78, 5) is 41.6. The molecule has 1 heterocycles. The van der Waals surface area contributed by atoms with Crippen molar-refractivity contribution in [2.75, 3.05) is 18.4 Å². The summed E-state index contributed by atoms with van der Waals surface area (Å²) in [6, 6.07) is 15.5. The number of aliphatic hydroxyl groups is 1. The van der Waals surface area contributed by atoms with E-state index in [0.717, 1.165) is 6.29 Å². The van der Waals surface area contributed by atoms with Gasteiger partial charge in [0.05, 0.1) is 6.20 Å². The summed E-state index contributed by atoms with van der Waals surface area (Å²) in [5.41, 5.74) is 1.03. The van der Waals surface area contributed by atoms with Gasteiger partial charge in [0.1, 0.15) is 17.6 Å². The Balaban J connectivity index is 0.000000715. The maximum atomic E-state index is 12.8. The summed E-state index contributed by atoms with van der Waals surface area (Å²) in [5, 5.41) is 13.2. The molecule has 0 spiro atoms. The number of aldehydes is 1. The Bertz CT molecular complexity index is 1240. The number of ether oxygens (including phenoxy) is 1. The largest absolute Gasteiger partial charge is 0.444 e. The quantitative estimate of drug-likeness (QED) is 0.257. The number of amides is 2. The molecule has 42 heavy (non-hydrogen) atoms. The van der Waals surface area contributed by atoms with E-state index in [0.29, 0.717) is 29.0 Å². The van der Waals surface area contributed by atoms with E-state index < -0.39 is 17.8 Å². The number of anilines is 1. The maximum absolute atomic E-state index is 12.8. The van der Waals surface area contributed by atoms with Crippen molar-refractivity contribution in [3.8, 4) is 0 Å². The highest BCUT2D eigenvalue weighted by Crippen LogP contribution is 2.22. The molecular formula is C33H43N3O6. The van der Waals surface area contributed by atoms with Crippen LogP contribution < -0.4 is 5.32 Å². The molecule has 4 rings (SSSR count). The summed E-state index contributed by atoms with van der Waals surface area (Å²) < 4.78 is 11.2. The van der Waals surface area contributed by atoms with Gasteiger partial charge < -0.3 is 24.5 Å². The lowest BCUT2D eigenvalue weighted by Crippen LogP contribution is -2.39. The molecule has 0 aliphatic heterocycles. The van der Waals surface area contributed by atoms with Crippen LogP contribution in [0.2, 0.25) is 0 Å². The molecule has 2 N–H and O–H groups in total. The van der Waals surface area contributed by atoms with E-state index in [1.54, 1.807) is 57.2 Å². The maximum Gasteiger partial charge on any atom is 0.410 e. The number of carbonyl (C=O) groups excluding carboxylic acids is 3. The van der Waals surface area contributed by atoms with Gasteiger partial charge in [0.25, 0.3) is 0 Å². The molecule has 0 bridgehead atoms. The molecule has 1 fully saturated rings. The van der Waals surface area contributed by atoms with Crippen molar-refractivity contribution in [2.24, 2.45) is 0 Å². The van der Waals surface area contributed by atoms with Crippen LogP contribution in [-0.4, -0.2) is 52.0 Å². The minimum Gasteiger partial charge on any atom is -0.444 e. The van der Waals surface area contributed by atoms with Crippen molar-refractivity contribution < 1.29 is 28.6 Å². The summed E-state index contributed by atoms with van der Waals surface area (Å²) in [6.45, 7) is 5.67. The topological polar surface area (TPSA) is 122 Å².